The third-order valence-corrected chi connectivity index (χ3v) is 5.45. The average molecular weight is 343 g/mol. The molecule has 3 atom stereocenters. The van der Waals surface area contributed by atoms with Crippen LogP contribution in [-0.2, 0) is 22.5 Å². The first-order valence-corrected chi connectivity index (χ1v) is 9.49. The van der Waals surface area contributed by atoms with Crippen molar-refractivity contribution in [1.29, 1.82) is 0 Å². The number of hydrogen-bond acceptors (Lipinski definition) is 4. The summed E-state index contributed by atoms with van der Waals surface area (Å²) in [5.41, 5.74) is 1.59. The van der Waals surface area contributed by atoms with E-state index in [1.807, 2.05) is 23.6 Å². The van der Waals surface area contributed by atoms with E-state index < -0.39 is 0 Å². The van der Waals surface area contributed by atoms with Crippen molar-refractivity contribution in [3.63, 3.8) is 0 Å². The van der Waals surface area contributed by atoms with E-state index >= 15 is 0 Å². The van der Waals surface area contributed by atoms with Crippen molar-refractivity contribution < 1.29 is 9.53 Å². The molecule has 3 rings (SSSR count). The van der Waals surface area contributed by atoms with Crippen molar-refractivity contribution in [3.8, 4) is 0 Å². The number of carbonyl (C=O) groups excluding carboxylic acids is 1. The fraction of sp³-hybridized carbons (Fsp3) is 0.650. The summed E-state index contributed by atoms with van der Waals surface area (Å²) in [6, 6.07) is 3.84. The molecule has 1 saturated carbocycles. The molecule has 0 spiro atoms. The molecule has 2 aromatic rings. The van der Waals surface area contributed by atoms with Crippen LogP contribution in [0.4, 0.5) is 0 Å². The topological polar surface area (TPSA) is 57.0 Å². The summed E-state index contributed by atoms with van der Waals surface area (Å²) >= 11 is 0. The zero-order valence-corrected chi connectivity index (χ0v) is 15.7. The fourth-order valence-electron chi connectivity index (χ4n) is 4.04. The van der Waals surface area contributed by atoms with E-state index in [-0.39, 0.29) is 18.6 Å². The quantitative estimate of drug-likeness (QED) is 0.770. The Hall–Kier alpha value is -1.91. The average Bonchev–Trinajstić information content (AvgIpc) is 2.92. The van der Waals surface area contributed by atoms with E-state index in [9.17, 15) is 4.79 Å². The largest absolute Gasteiger partial charge is 0.461 e. The van der Waals surface area contributed by atoms with Gasteiger partial charge in [0.1, 0.15) is 18.5 Å². The van der Waals surface area contributed by atoms with Gasteiger partial charge in [-0.25, -0.2) is 9.97 Å². The highest BCUT2D eigenvalue weighted by Crippen LogP contribution is 2.35. The molecule has 1 unspecified atom stereocenters. The monoisotopic (exact) mass is 343 g/mol. The Morgan fingerprint density at radius 2 is 2.20 bits per heavy atom. The molecule has 0 radical (unpaired) electrons. The molecule has 5 heteroatoms. The molecular formula is C20H29N3O2. The molecule has 2 aromatic heterocycles. The Morgan fingerprint density at radius 1 is 1.40 bits per heavy atom. The van der Waals surface area contributed by atoms with E-state index in [0.29, 0.717) is 23.4 Å². The maximum atomic E-state index is 12.7. The molecule has 0 amide bonds. The second-order valence-electron chi connectivity index (χ2n) is 7.67. The maximum absolute atomic E-state index is 12.7. The van der Waals surface area contributed by atoms with Gasteiger partial charge in [-0.15, -0.1) is 0 Å². The van der Waals surface area contributed by atoms with Crippen LogP contribution in [-0.4, -0.2) is 26.6 Å². The Kier molecular flexibility index (Phi) is 5.40. The van der Waals surface area contributed by atoms with Crippen molar-refractivity contribution in [3.05, 3.63) is 24.2 Å². The molecule has 0 N–H and O–H groups in total. The SMILES string of the molecule is CCc1nc2ncccc2n1CC(=O)O[C@@H]1C[C@H](C)CCC1C(C)C. The molecule has 5 nitrogen and oxygen atoms in total. The Balaban J connectivity index is 1.76. The van der Waals surface area contributed by atoms with Crippen molar-refractivity contribution in [2.24, 2.45) is 17.8 Å². The smallest absolute Gasteiger partial charge is 0.326 e. The van der Waals surface area contributed by atoms with Gasteiger partial charge in [0.25, 0.3) is 0 Å². The molecule has 1 aliphatic carbocycles. The van der Waals surface area contributed by atoms with Gasteiger partial charge in [-0.05, 0) is 42.7 Å². The minimum atomic E-state index is -0.164. The summed E-state index contributed by atoms with van der Waals surface area (Å²) in [4.78, 5) is 21.5. The molecule has 136 valence electrons. The third kappa shape index (κ3) is 3.86. The lowest BCUT2D eigenvalue weighted by Crippen LogP contribution is -2.36. The van der Waals surface area contributed by atoms with Gasteiger partial charge in [0.15, 0.2) is 5.65 Å². The van der Waals surface area contributed by atoms with Gasteiger partial charge < -0.3 is 9.30 Å². The Labute approximate surface area is 149 Å². The lowest BCUT2D eigenvalue weighted by atomic mass is 9.75. The van der Waals surface area contributed by atoms with Crippen molar-refractivity contribution in [2.45, 2.75) is 66.0 Å². The number of aryl methyl sites for hydroxylation is 1. The van der Waals surface area contributed by atoms with E-state index in [0.717, 1.165) is 30.6 Å². The highest BCUT2D eigenvalue weighted by molar-refractivity contribution is 5.76. The standard InChI is InChI=1S/C20H29N3O2/c1-5-18-22-20-16(7-6-10-21-20)23(18)12-19(24)25-17-11-14(4)8-9-15(17)13(2)3/h6-7,10,13-15,17H,5,8-9,11-12H2,1-4H3/t14-,15?,17-/m1/s1. The summed E-state index contributed by atoms with van der Waals surface area (Å²) in [6.07, 6.45) is 5.88. The van der Waals surface area contributed by atoms with E-state index in [2.05, 4.69) is 30.7 Å². The summed E-state index contributed by atoms with van der Waals surface area (Å²) in [7, 11) is 0. The summed E-state index contributed by atoms with van der Waals surface area (Å²) in [5, 5.41) is 0. The lowest BCUT2D eigenvalue weighted by Gasteiger charge is -2.36. The van der Waals surface area contributed by atoms with Gasteiger partial charge in [0.05, 0.1) is 5.52 Å². The van der Waals surface area contributed by atoms with Crippen LogP contribution >= 0.6 is 0 Å². The minimum absolute atomic E-state index is 0.0363. The normalized spacial score (nSPS) is 24.0. The van der Waals surface area contributed by atoms with Gasteiger partial charge in [-0.1, -0.05) is 34.1 Å². The van der Waals surface area contributed by atoms with Gasteiger partial charge in [0.2, 0.25) is 0 Å². The van der Waals surface area contributed by atoms with Crippen LogP contribution in [0.25, 0.3) is 11.2 Å². The maximum Gasteiger partial charge on any atom is 0.326 e. The molecule has 0 aliphatic heterocycles. The van der Waals surface area contributed by atoms with Crippen LogP contribution in [0, 0.1) is 17.8 Å². The molecule has 25 heavy (non-hydrogen) atoms. The number of hydrogen-bond donors (Lipinski definition) is 0. The number of esters is 1. The molecule has 2 heterocycles. The second-order valence-corrected chi connectivity index (χ2v) is 7.67. The first kappa shape index (κ1) is 17.9. The Morgan fingerprint density at radius 3 is 2.92 bits per heavy atom. The van der Waals surface area contributed by atoms with Crippen LogP contribution in [0.2, 0.25) is 0 Å². The predicted molar refractivity (Wildman–Crippen MR) is 98.1 cm³/mol. The molecule has 0 saturated heterocycles. The first-order chi connectivity index (χ1) is 12.0. The zero-order valence-electron chi connectivity index (χ0n) is 15.7. The third-order valence-electron chi connectivity index (χ3n) is 5.45. The summed E-state index contributed by atoms with van der Waals surface area (Å²) < 4.78 is 7.90. The molecule has 1 aliphatic rings. The van der Waals surface area contributed by atoms with Crippen LogP contribution in [0.1, 0.15) is 52.8 Å². The lowest BCUT2D eigenvalue weighted by molar-refractivity contribution is -0.156. The van der Waals surface area contributed by atoms with E-state index in [4.69, 9.17) is 4.74 Å². The van der Waals surface area contributed by atoms with Crippen LogP contribution < -0.4 is 0 Å². The number of ether oxygens (including phenoxy) is 1. The van der Waals surface area contributed by atoms with Gasteiger partial charge >= 0.3 is 5.97 Å². The molecule has 0 bridgehead atoms. The van der Waals surface area contributed by atoms with Gasteiger partial charge in [-0.2, -0.15) is 0 Å². The van der Waals surface area contributed by atoms with Gasteiger partial charge in [-0.3, -0.25) is 4.79 Å². The Bertz CT molecular complexity index is 738. The fourth-order valence-corrected chi connectivity index (χ4v) is 4.04. The van der Waals surface area contributed by atoms with Crippen LogP contribution in [0.15, 0.2) is 18.3 Å². The van der Waals surface area contributed by atoms with E-state index in [1.54, 1.807) is 6.20 Å². The zero-order chi connectivity index (χ0) is 18.0. The predicted octanol–water partition coefficient (Wildman–Crippen LogP) is 4.00. The van der Waals surface area contributed by atoms with Crippen molar-refractivity contribution >= 4 is 17.1 Å². The second kappa shape index (κ2) is 7.54. The molecular weight excluding hydrogens is 314 g/mol. The number of aromatic nitrogens is 3. The van der Waals surface area contributed by atoms with Crippen molar-refractivity contribution in [1.82, 2.24) is 14.5 Å². The number of imidazole rings is 1. The molecule has 1 fully saturated rings. The summed E-state index contributed by atoms with van der Waals surface area (Å²) in [5.74, 6) is 2.34. The minimum Gasteiger partial charge on any atom is -0.461 e. The first-order valence-electron chi connectivity index (χ1n) is 9.49. The van der Waals surface area contributed by atoms with Gasteiger partial charge in [0, 0.05) is 12.6 Å². The van der Waals surface area contributed by atoms with Crippen LogP contribution in [0.3, 0.4) is 0 Å². The number of carbonyl (C=O) groups is 1. The number of nitrogens with zero attached hydrogens (tertiary/aromatic N) is 3. The summed E-state index contributed by atoms with van der Waals surface area (Å²) in [6.45, 7) is 8.96. The number of rotatable bonds is 5. The number of fused-ring (bicyclic) bond motifs is 1. The van der Waals surface area contributed by atoms with Crippen LogP contribution in [0.5, 0.6) is 0 Å². The van der Waals surface area contributed by atoms with E-state index in [1.165, 1.54) is 6.42 Å². The highest BCUT2D eigenvalue weighted by Gasteiger charge is 2.33. The highest BCUT2D eigenvalue weighted by atomic mass is 16.5. The van der Waals surface area contributed by atoms with Crippen molar-refractivity contribution in [2.75, 3.05) is 0 Å². The molecule has 0 aromatic carbocycles. The number of pyridine rings is 1.